The number of esters is 1. The molecule has 0 saturated carbocycles. The smallest absolute Gasteiger partial charge is 0.338 e. The molecule has 2 heterocycles. The van der Waals surface area contributed by atoms with Crippen LogP contribution in [0.15, 0.2) is 59.5 Å². The van der Waals surface area contributed by atoms with Gasteiger partial charge >= 0.3 is 5.97 Å². The predicted octanol–water partition coefficient (Wildman–Crippen LogP) is 6.16. The number of aromatic nitrogens is 1. The Balaban J connectivity index is 1.63. The van der Waals surface area contributed by atoms with Gasteiger partial charge in [-0.25, -0.2) is 4.79 Å². The van der Waals surface area contributed by atoms with Gasteiger partial charge in [0.1, 0.15) is 0 Å². The molecule has 6 nitrogen and oxygen atoms in total. The normalized spacial score (nSPS) is 14.8. The Morgan fingerprint density at radius 2 is 1.85 bits per heavy atom. The first-order chi connectivity index (χ1) is 16.3. The van der Waals surface area contributed by atoms with Gasteiger partial charge in [-0.05, 0) is 80.1 Å². The minimum atomic E-state index is -0.376. The zero-order chi connectivity index (χ0) is 24.4. The van der Waals surface area contributed by atoms with Crippen LogP contribution < -0.4 is 0 Å². The highest BCUT2D eigenvalue weighted by Gasteiger charge is 2.35. The Kier molecular flexibility index (Phi) is 6.95. The number of imide groups is 1. The first kappa shape index (κ1) is 23.9. The van der Waals surface area contributed by atoms with Crippen molar-refractivity contribution in [2.24, 2.45) is 0 Å². The highest BCUT2D eigenvalue weighted by Crippen LogP contribution is 2.35. The quantitative estimate of drug-likeness (QED) is 0.303. The van der Waals surface area contributed by atoms with Gasteiger partial charge in [0.2, 0.25) is 0 Å². The molecule has 1 saturated heterocycles. The number of nitrogens with zero attached hydrogens (tertiary/aromatic N) is 2. The summed E-state index contributed by atoms with van der Waals surface area (Å²) in [4.78, 5) is 39.3. The van der Waals surface area contributed by atoms with Gasteiger partial charge < -0.3 is 9.30 Å². The summed E-state index contributed by atoms with van der Waals surface area (Å²) in [5.74, 6) is -0.719. The van der Waals surface area contributed by atoms with Crippen LogP contribution in [0, 0.1) is 13.8 Å². The maximum absolute atomic E-state index is 13.0. The number of carbonyl (C=O) groups is 3. The summed E-state index contributed by atoms with van der Waals surface area (Å²) < 4.78 is 7.11. The second kappa shape index (κ2) is 9.91. The van der Waals surface area contributed by atoms with Crippen LogP contribution >= 0.6 is 23.4 Å². The van der Waals surface area contributed by atoms with Crippen molar-refractivity contribution in [2.45, 2.75) is 27.3 Å². The average Bonchev–Trinajstić information content (AvgIpc) is 3.24. The fraction of sp³-hybridized carbons (Fsp3) is 0.192. The molecule has 8 heteroatoms. The van der Waals surface area contributed by atoms with Crippen LogP contribution in [-0.4, -0.2) is 33.2 Å². The van der Waals surface area contributed by atoms with Gasteiger partial charge in [0.15, 0.2) is 0 Å². The summed E-state index contributed by atoms with van der Waals surface area (Å²) in [6.45, 7) is 6.08. The molecule has 0 spiro atoms. The molecule has 1 aliphatic heterocycles. The van der Waals surface area contributed by atoms with Gasteiger partial charge in [-0.1, -0.05) is 35.9 Å². The third-order valence-corrected chi connectivity index (χ3v) is 6.81. The molecule has 1 aromatic heterocycles. The van der Waals surface area contributed by atoms with Crippen LogP contribution in [0.2, 0.25) is 5.02 Å². The van der Waals surface area contributed by atoms with Gasteiger partial charge in [0.25, 0.3) is 11.1 Å². The maximum Gasteiger partial charge on any atom is 0.338 e. The second-order valence-electron chi connectivity index (χ2n) is 7.79. The number of ether oxygens (including phenoxy) is 1. The van der Waals surface area contributed by atoms with E-state index in [4.69, 9.17) is 16.3 Å². The topological polar surface area (TPSA) is 68.6 Å². The van der Waals surface area contributed by atoms with Crippen molar-refractivity contribution in [3.8, 4) is 5.69 Å². The molecule has 0 bridgehead atoms. The van der Waals surface area contributed by atoms with Crippen LogP contribution in [0.4, 0.5) is 4.79 Å². The summed E-state index contributed by atoms with van der Waals surface area (Å²) in [6.07, 6.45) is 1.74. The monoisotopic (exact) mass is 494 g/mol. The van der Waals surface area contributed by atoms with Crippen LogP contribution in [0.1, 0.15) is 39.8 Å². The fourth-order valence-corrected chi connectivity index (χ4v) is 4.92. The first-order valence-electron chi connectivity index (χ1n) is 10.8. The van der Waals surface area contributed by atoms with E-state index in [9.17, 15) is 14.4 Å². The van der Waals surface area contributed by atoms with Crippen molar-refractivity contribution in [3.63, 3.8) is 0 Å². The molecule has 2 amide bonds. The molecule has 1 fully saturated rings. The molecule has 1 aliphatic rings. The Morgan fingerprint density at radius 1 is 1.09 bits per heavy atom. The number of amides is 2. The highest BCUT2D eigenvalue weighted by molar-refractivity contribution is 8.18. The molecule has 0 unspecified atom stereocenters. The lowest BCUT2D eigenvalue weighted by Crippen LogP contribution is -2.27. The van der Waals surface area contributed by atoms with Crippen molar-refractivity contribution in [1.29, 1.82) is 0 Å². The molecule has 0 N–H and O–H groups in total. The molecular weight excluding hydrogens is 472 g/mol. The summed E-state index contributed by atoms with van der Waals surface area (Å²) in [5, 5.41) is 0.186. The summed E-state index contributed by atoms with van der Waals surface area (Å²) in [7, 11) is 0. The largest absolute Gasteiger partial charge is 0.462 e. The minimum absolute atomic E-state index is 0.126. The Morgan fingerprint density at radius 3 is 2.59 bits per heavy atom. The van der Waals surface area contributed by atoms with Gasteiger partial charge in [-0.15, -0.1) is 0 Å². The van der Waals surface area contributed by atoms with Crippen LogP contribution in [0.3, 0.4) is 0 Å². The standard InChI is InChI=1S/C26H23ClN2O4S/c1-4-33-25(31)18-9-7-10-21(13-18)29-16(2)12-20(17(29)3)14-23-24(30)28(26(32)34-23)15-19-8-5-6-11-22(19)27/h5-14H,4,15H2,1-3H3. The summed E-state index contributed by atoms with van der Waals surface area (Å²) in [5.41, 5.74) is 4.63. The van der Waals surface area contributed by atoms with E-state index in [1.54, 1.807) is 49.4 Å². The second-order valence-corrected chi connectivity index (χ2v) is 9.19. The van der Waals surface area contributed by atoms with E-state index in [-0.39, 0.29) is 23.7 Å². The number of hydrogen-bond donors (Lipinski definition) is 0. The van der Waals surface area contributed by atoms with E-state index in [0.29, 0.717) is 27.7 Å². The number of carbonyl (C=O) groups excluding carboxylic acids is 3. The van der Waals surface area contributed by atoms with E-state index >= 15 is 0 Å². The molecule has 3 aromatic rings. The van der Waals surface area contributed by atoms with Crippen LogP contribution in [0.5, 0.6) is 0 Å². The zero-order valence-corrected chi connectivity index (χ0v) is 20.6. The molecule has 0 atom stereocenters. The van der Waals surface area contributed by atoms with Crippen LogP contribution in [-0.2, 0) is 16.1 Å². The average molecular weight is 495 g/mol. The van der Waals surface area contributed by atoms with Crippen molar-refractivity contribution in [3.05, 3.63) is 92.6 Å². The fourth-order valence-electron chi connectivity index (χ4n) is 3.89. The SMILES string of the molecule is CCOC(=O)c1cccc(-n2c(C)cc(C=C3SC(=O)N(Cc4ccccc4Cl)C3=O)c2C)c1. The van der Waals surface area contributed by atoms with Crippen molar-refractivity contribution in [1.82, 2.24) is 9.47 Å². The van der Waals surface area contributed by atoms with Crippen molar-refractivity contribution >= 4 is 46.6 Å². The van der Waals surface area contributed by atoms with E-state index in [2.05, 4.69) is 0 Å². The molecule has 174 valence electrons. The molecule has 2 aromatic carbocycles. The van der Waals surface area contributed by atoms with E-state index in [0.717, 1.165) is 34.4 Å². The van der Waals surface area contributed by atoms with Gasteiger partial charge in [-0.3, -0.25) is 14.5 Å². The van der Waals surface area contributed by atoms with Gasteiger partial charge in [-0.2, -0.15) is 0 Å². The van der Waals surface area contributed by atoms with Crippen LogP contribution in [0.25, 0.3) is 11.8 Å². The minimum Gasteiger partial charge on any atom is -0.462 e. The van der Waals surface area contributed by atoms with E-state index in [1.807, 2.05) is 36.6 Å². The summed E-state index contributed by atoms with van der Waals surface area (Å²) in [6, 6.07) is 16.3. The lowest BCUT2D eigenvalue weighted by atomic mass is 10.2. The Labute approximate surface area is 207 Å². The number of rotatable bonds is 6. The lowest BCUT2D eigenvalue weighted by molar-refractivity contribution is -0.123. The lowest BCUT2D eigenvalue weighted by Gasteiger charge is -2.13. The van der Waals surface area contributed by atoms with E-state index < -0.39 is 0 Å². The molecule has 0 aliphatic carbocycles. The van der Waals surface area contributed by atoms with Crippen molar-refractivity contribution < 1.29 is 19.1 Å². The Hall–Kier alpha value is -3.29. The maximum atomic E-state index is 13.0. The predicted molar refractivity (Wildman–Crippen MR) is 134 cm³/mol. The number of halogens is 1. The van der Waals surface area contributed by atoms with Gasteiger partial charge in [0.05, 0.1) is 23.6 Å². The third-order valence-electron chi connectivity index (χ3n) is 5.53. The number of benzene rings is 2. The molecule has 4 rings (SSSR count). The third kappa shape index (κ3) is 4.67. The van der Waals surface area contributed by atoms with Crippen molar-refractivity contribution in [2.75, 3.05) is 6.61 Å². The first-order valence-corrected chi connectivity index (χ1v) is 11.9. The van der Waals surface area contributed by atoms with Gasteiger partial charge in [0, 0.05) is 22.1 Å². The molecule has 0 radical (unpaired) electrons. The summed E-state index contributed by atoms with van der Waals surface area (Å²) >= 11 is 7.13. The number of hydrogen-bond acceptors (Lipinski definition) is 5. The number of thioether (sulfide) groups is 1. The van der Waals surface area contributed by atoms with E-state index in [1.165, 1.54) is 4.90 Å². The number of aryl methyl sites for hydroxylation is 1. The molecular formula is C26H23ClN2O4S. The molecule has 34 heavy (non-hydrogen) atoms. The zero-order valence-electron chi connectivity index (χ0n) is 19.0. The Bertz CT molecular complexity index is 1330. The highest BCUT2D eigenvalue weighted by atomic mass is 35.5.